The third kappa shape index (κ3) is 15.5. The number of carboxylic acids is 1. The van der Waals surface area contributed by atoms with Crippen LogP contribution >= 0.6 is 46.7 Å². The Bertz CT molecular complexity index is 3510. The monoisotopic (exact) mass is 1110 g/mol. The number of halogens is 2. The minimum absolute atomic E-state index is 0.0786. The fraction of sp³-hybridized carbons (Fsp3) is 0.279. The summed E-state index contributed by atoms with van der Waals surface area (Å²) in [6.07, 6.45) is 18.0. The van der Waals surface area contributed by atoms with Crippen molar-refractivity contribution in [1.82, 2.24) is 9.97 Å². The molecule has 2 aromatic heterocycles. The number of hydrogen-bond donors (Lipinski definition) is 1. The lowest BCUT2D eigenvalue weighted by Crippen LogP contribution is -2.12. The molecular weight excluding hydrogens is 1040 g/mol. The second kappa shape index (κ2) is 26.1. The minimum atomic E-state index is -0.721. The number of aryl methyl sites for hydroxylation is 2. The van der Waals surface area contributed by atoms with Gasteiger partial charge in [-0.25, -0.2) is 9.97 Å². The molecule has 0 amide bonds. The van der Waals surface area contributed by atoms with Gasteiger partial charge in [-0.3, -0.25) is 14.4 Å². The SMILES string of the molecule is CC(=O)c1ccccc1CC[C@@H](SCC1(CC(=O)O)CC1)c1cccc(/C=C/c2ccc3ccc(Cl)cc3n2)c1.CCC1(CS[C@H](CCc2ccccc2C(C)=O)c2cccc(/C=C/c3ccc4ccc(Cl)cc4n3)c2)CC1. The molecular formula is C68H66Cl2N2O4S2. The Morgan fingerprint density at radius 3 is 1.41 bits per heavy atom. The van der Waals surface area contributed by atoms with Gasteiger partial charge >= 0.3 is 5.97 Å². The zero-order valence-electron chi connectivity index (χ0n) is 44.6. The Morgan fingerprint density at radius 2 is 0.987 bits per heavy atom. The Morgan fingerprint density at radius 1 is 0.551 bits per heavy atom. The molecule has 0 spiro atoms. The average molecular weight is 1110 g/mol. The van der Waals surface area contributed by atoms with Gasteiger partial charge < -0.3 is 5.11 Å². The highest BCUT2D eigenvalue weighted by molar-refractivity contribution is 7.99. The van der Waals surface area contributed by atoms with Crippen LogP contribution in [0.4, 0.5) is 0 Å². The molecule has 0 saturated heterocycles. The van der Waals surface area contributed by atoms with Crippen molar-refractivity contribution < 1.29 is 19.5 Å². The van der Waals surface area contributed by atoms with Gasteiger partial charge in [0.1, 0.15) is 0 Å². The van der Waals surface area contributed by atoms with E-state index in [9.17, 15) is 19.5 Å². The predicted octanol–water partition coefficient (Wildman–Crippen LogP) is 18.8. The third-order valence-electron chi connectivity index (χ3n) is 15.3. The van der Waals surface area contributed by atoms with Crippen molar-refractivity contribution in [2.45, 2.75) is 95.5 Å². The highest BCUT2D eigenvalue weighted by Crippen LogP contribution is 2.54. The van der Waals surface area contributed by atoms with E-state index < -0.39 is 5.97 Å². The number of aromatic nitrogens is 2. The van der Waals surface area contributed by atoms with Crippen molar-refractivity contribution in [3.63, 3.8) is 0 Å². The molecule has 2 aliphatic carbocycles. The molecule has 8 aromatic rings. The van der Waals surface area contributed by atoms with Crippen LogP contribution in [0, 0.1) is 10.8 Å². The molecule has 6 aromatic carbocycles. The number of carbonyl (C=O) groups excluding carboxylic acids is 2. The molecule has 1 N–H and O–H groups in total. The van der Waals surface area contributed by atoms with Gasteiger partial charge in [0, 0.05) is 48.2 Å². The maximum absolute atomic E-state index is 12.2. The molecule has 0 aliphatic heterocycles. The summed E-state index contributed by atoms with van der Waals surface area (Å²) in [6.45, 7) is 5.60. The van der Waals surface area contributed by atoms with Crippen LogP contribution in [-0.2, 0) is 17.6 Å². The van der Waals surface area contributed by atoms with E-state index in [0.717, 1.165) is 105 Å². The molecule has 0 radical (unpaired) electrons. The van der Waals surface area contributed by atoms with Crippen LogP contribution in [0.25, 0.3) is 46.1 Å². The van der Waals surface area contributed by atoms with Crippen molar-refractivity contribution in [3.8, 4) is 0 Å². The molecule has 6 nitrogen and oxygen atoms in total. The normalized spacial score (nSPS) is 15.0. The molecule has 10 rings (SSSR count). The molecule has 2 fully saturated rings. The number of aliphatic carboxylic acids is 1. The second-order valence-electron chi connectivity index (χ2n) is 21.2. The number of fused-ring (bicyclic) bond motifs is 2. The van der Waals surface area contributed by atoms with E-state index in [4.69, 9.17) is 33.2 Å². The van der Waals surface area contributed by atoms with Gasteiger partial charge in [0.15, 0.2) is 11.6 Å². The first kappa shape index (κ1) is 56.4. The van der Waals surface area contributed by atoms with Gasteiger partial charge in [-0.05, 0) is 170 Å². The topological polar surface area (TPSA) is 97.2 Å². The molecule has 10 heteroatoms. The Hall–Kier alpha value is -6.29. The molecule has 2 aliphatic rings. The zero-order chi connectivity index (χ0) is 54.7. The van der Waals surface area contributed by atoms with Gasteiger partial charge in [0.2, 0.25) is 0 Å². The van der Waals surface area contributed by atoms with Crippen LogP contribution < -0.4 is 0 Å². The minimum Gasteiger partial charge on any atom is -0.481 e. The number of hydrogen-bond acceptors (Lipinski definition) is 7. The second-order valence-corrected chi connectivity index (χ2v) is 24.4. The number of carboxylic acid groups (broad SMARTS) is 1. The maximum atomic E-state index is 12.2. The van der Waals surface area contributed by atoms with Crippen molar-refractivity contribution in [1.29, 1.82) is 0 Å². The number of ketones is 2. The highest BCUT2D eigenvalue weighted by Gasteiger charge is 2.45. The van der Waals surface area contributed by atoms with Gasteiger partial charge in [-0.15, -0.1) is 0 Å². The summed E-state index contributed by atoms with van der Waals surface area (Å²) in [4.78, 5) is 45.3. The number of Topliss-reactive ketones (excluding diaryl/α,β-unsaturated/α-hetero) is 2. The van der Waals surface area contributed by atoms with Crippen LogP contribution in [0.3, 0.4) is 0 Å². The Balaban J connectivity index is 0.000000190. The van der Waals surface area contributed by atoms with E-state index in [1.54, 1.807) is 13.8 Å². The van der Waals surface area contributed by atoms with E-state index in [1.165, 1.54) is 41.7 Å². The van der Waals surface area contributed by atoms with E-state index in [1.807, 2.05) is 115 Å². The van der Waals surface area contributed by atoms with Gasteiger partial charge in [-0.1, -0.05) is 164 Å². The summed E-state index contributed by atoms with van der Waals surface area (Å²) in [5, 5.41) is 13.5. The first-order valence-corrected chi connectivity index (χ1v) is 29.9. The molecule has 0 unspecified atom stereocenters. The average Bonchev–Trinajstić information content (AvgIpc) is 4.41. The highest BCUT2D eigenvalue weighted by atomic mass is 35.5. The predicted molar refractivity (Wildman–Crippen MR) is 330 cm³/mol. The Labute approximate surface area is 478 Å². The number of benzene rings is 6. The molecule has 78 heavy (non-hydrogen) atoms. The zero-order valence-corrected chi connectivity index (χ0v) is 47.7. The van der Waals surface area contributed by atoms with Gasteiger partial charge in [-0.2, -0.15) is 23.5 Å². The van der Waals surface area contributed by atoms with Crippen molar-refractivity contribution in [2.75, 3.05) is 11.5 Å². The third-order valence-corrected chi connectivity index (χ3v) is 19.2. The molecule has 2 atom stereocenters. The number of pyridine rings is 2. The summed E-state index contributed by atoms with van der Waals surface area (Å²) < 4.78 is 0. The Kier molecular flexibility index (Phi) is 18.9. The van der Waals surface area contributed by atoms with E-state index in [0.29, 0.717) is 20.7 Å². The summed E-state index contributed by atoms with van der Waals surface area (Å²) in [5.41, 5.74) is 12.6. The van der Waals surface area contributed by atoms with E-state index in [-0.39, 0.29) is 28.7 Å². The number of rotatable bonds is 23. The summed E-state index contributed by atoms with van der Waals surface area (Å²) in [6, 6.07) is 53.0. The van der Waals surface area contributed by atoms with Crippen molar-refractivity contribution in [2.24, 2.45) is 10.8 Å². The van der Waals surface area contributed by atoms with Crippen molar-refractivity contribution in [3.05, 3.63) is 224 Å². The first-order valence-electron chi connectivity index (χ1n) is 27.1. The van der Waals surface area contributed by atoms with E-state index >= 15 is 0 Å². The number of carbonyl (C=O) groups is 3. The van der Waals surface area contributed by atoms with Gasteiger partial charge in [0.05, 0.1) is 28.8 Å². The molecule has 2 heterocycles. The first-order chi connectivity index (χ1) is 37.7. The number of nitrogens with zero attached hydrogens (tertiary/aromatic N) is 2. The van der Waals surface area contributed by atoms with Crippen molar-refractivity contribution >= 4 is 110 Å². The number of thioether (sulfide) groups is 2. The molecule has 398 valence electrons. The smallest absolute Gasteiger partial charge is 0.303 e. The van der Waals surface area contributed by atoms with Gasteiger partial charge in [0.25, 0.3) is 0 Å². The van der Waals surface area contributed by atoms with Crippen LogP contribution in [0.1, 0.15) is 148 Å². The quantitative estimate of drug-likeness (QED) is 0.0633. The fourth-order valence-electron chi connectivity index (χ4n) is 10.1. The lowest BCUT2D eigenvalue weighted by molar-refractivity contribution is -0.138. The fourth-order valence-corrected chi connectivity index (χ4v) is 13.7. The molecule has 0 bridgehead atoms. The van der Waals surface area contributed by atoms with Crippen LogP contribution in [0.5, 0.6) is 0 Å². The van der Waals surface area contributed by atoms with Crippen LogP contribution in [0.2, 0.25) is 10.0 Å². The molecule has 2 saturated carbocycles. The summed E-state index contributed by atoms with van der Waals surface area (Å²) >= 11 is 16.3. The largest absolute Gasteiger partial charge is 0.481 e. The maximum Gasteiger partial charge on any atom is 0.303 e. The lowest BCUT2D eigenvalue weighted by atomic mass is 9.97. The standard InChI is InChI=1S/C34H32ClNO3S.C34H34ClNOS/c1-23(37)30-8-3-2-6-25(30)12-16-32(40-22-34(17-18-34)21-33(38)39)27-7-4-5-24(19-27)9-14-29-15-11-26-10-13-28(35)20-31(26)36-29;1-3-34(19-20-34)23-38-33(18-14-26-8-4-5-10-31(26)24(2)37)28-9-6-7-25(21-28)11-16-30-17-13-27-12-15-29(35)22-32(27)36-30/h2-11,13-15,19-20,32H,12,16-18,21-22H2,1H3,(H,38,39);4-13,15-17,21-22,33H,3,14,18-20,23H2,1-2H3/b14-9+;16-11+/t32-;33-/m11/s1. The van der Waals surface area contributed by atoms with Crippen LogP contribution in [0.15, 0.2) is 158 Å². The van der Waals surface area contributed by atoms with E-state index in [2.05, 4.69) is 97.6 Å². The summed E-state index contributed by atoms with van der Waals surface area (Å²) in [5.74, 6) is 1.52. The lowest BCUT2D eigenvalue weighted by Gasteiger charge is -2.21. The van der Waals surface area contributed by atoms with Crippen LogP contribution in [-0.4, -0.2) is 44.1 Å². The summed E-state index contributed by atoms with van der Waals surface area (Å²) in [7, 11) is 0.